The van der Waals surface area contributed by atoms with E-state index in [1.54, 1.807) is 6.08 Å². The smallest absolute Gasteiger partial charge is 0.161 e. The van der Waals surface area contributed by atoms with Crippen molar-refractivity contribution in [2.45, 2.75) is 20.5 Å². The number of imidazole rings is 1. The topological polar surface area (TPSA) is 70.9 Å². The van der Waals surface area contributed by atoms with E-state index in [0.717, 1.165) is 27.7 Å². The lowest BCUT2D eigenvalue weighted by atomic mass is 10.1. The third-order valence-electron chi connectivity index (χ3n) is 4.90. The number of rotatable bonds is 7. The predicted molar refractivity (Wildman–Crippen MR) is 135 cm³/mol. The van der Waals surface area contributed by atoms with E-state index in [4.69, 9.17) is 9.47 Å². The molecule has 0 amide bonds. The van der Waals surface area contributed by atoms with Crippen LogP contribution in [0.3, 0.4) is 0 Å². The number of nitriles is 1. The van der Waals surface area contributed by atoms with Crippen molar-refractivity contribution >= 4 is 45.3 Å². The maximum atomic E-state index is 9.74. The normalized spacial score (nSPS) is 11.4. The van der Waals surface area contributed by atoms with Gasteiger partial charge in [-0.15, -0.1) is 0 Å². The Morgan fingerprint density at radius 2 is 1.88 bits per heavy atom. The second kappa shape index (κ2) is 9.88. The summed E-state index contributed by atoms with van der Waals surface area (Å²) in [6.07, 6.45) is 1.80. The number of nitrogens with zero attached hydrogens (tertiary/aromatic N) is 2. The molecule has 0 saturated heterocycles. The maximum absolute atomic E-state index is 9.74. The van der Waals surface area contributed by atoms with Crippen LogP contribution in [0.2, 0.25) is 0 Å². The Labute approximate surface area is 200 Å². The van der Waals surface area contributed by atoms with E-state index in [2.05, 4.69) is 50.8 Å². The number of hydrogen-bond acceptors (Lipinski definition) is 4. The molecule has 0 saturated carbocycles. The van der Waals surface area contributed by atoms with Gasteiger partial charge in [-0.25, -0.2) is 4.98 Å². The molecule has 0 aliphatic carbocycles. The number of aromatic amines is 1. The summed E-state index contributed by atoms with van der Waals surface area (Å²) >= 11 is 2.28. The van der Waals surface area contributed by atoms with Crippen LogP contribution in [-0.2, 0) is 6.61 Å². The third kappa shape index (κ3) is 5.11. The first kappa shape index (κ1) is 21.9. The number of hydrogen-bond donors (Lipinski definition) is 1. The molecule has 0 fully saturated rings. The average Bonchev–Trinajstić information content (AvgIpc) is 3.21. The molecule has 4 rings (SSSR count). The van der Waals surface area contributed by atoms with Crippen LogP contribution in [0.25, 0.3) is 22.7 Å². The molecule has 1 N–H and O–H groups in total. The molecule has 3 aromatic carbocycles. The number of halogens is 1. The molecule has 4 aromatic rings. The number of fused-ring (bicyclic) bond motifs is 1. The molecular formula is C26H22IN3O2. The van der Waals surface area contributed by atoms with Crippen LogP contribution in [0.5, 0.6) is 11.5 Å². The van der Waals surface area contributed by atoms with Crippen LogP contribution in [-0.4, -0.2) is 16.6 Å². The van der Waals surface area contributed by atoms with Gasteiger partial charge in [0.05, 0.1) is 23.2 Å². The highest BCUT2D eigenvalue weighted by Crippen LogP contribution is 2.31. The number of aryl methyl sites for hydroxylation is 1. The lowest BCUT2D eigenvalue weighted by Gasteiger charge is -2.13. The van der Waals surface area contributed by atoms with Gasteiger partial charge in [0.2, 0.25) is 0 Å². The van der Waals surface area contributed by atoms with Gasteiger partial charge < -0.3 is 14.5 Å². The van der Waals surface area contributed by atoms with Crippen molar-refractivity contribution in [3.63, 3.8) is 0 Å². The largest absolute Gasteiger partial charge is 0.490 e. The second-order valence-corrected chi connectivity index (χ2v) is 8.58. The Bertz CT molecular complexity index is 1320. The fourth-order valence-electron chi connectivity index (χ4n) is 3.31. The molecule has 1 aromatic heterocycles. The Kier molecular flexibility index (Phi) is 6.76. The molecule has 6 heteroatoms. The monoisotopic (exact) mass is 535 g/mol. The van der Waals surface area contributed by atoms with Crippen molar-refractivity contribution in [2.24, 2.45) is 0 Å². The fourth-order valence-corrected chi connectivity index (χ4v) is 3.67. The van der Waals surface area contributed by atoms with Crippen LogP contribution in [0.1, 0.15) is 29.4 Å². The molecule has 160 valence electrons. The van der Waals surface area contributed by atoms with Crippen LogP contribution in [0.15, 0.2) is 60.7 Å². The number of aromatic nitrogens is 2. The van der Waals surface area contributed by atoms with Crippen molar-refractivity contribution in [1.82, 2.24) is 9.97 Å². The van der Waals surface area contributed by atoms with Gasteiger partial charge in [-0.1, -0.05) is 24.3 Å². The lowest BCUT2D eigenvalue weighted by molar-refractivity contribution is 0.269. The Morgan fingerprint density at radius 1 is 1.06 bits per heavy atom. The molecule has 0 aliphatic heterocycles. The average molecular weight is 535 g/mol. The minimum atomic E-state index is 0.452. The van der Waals surface area contributed by atoms with E-state index in [9.17, 15) is 5.26 Å². The molecule has 0 radical (unpaired) electrons. The van der Waals surface area contributed by atoms with E-state index in [-0.39, 0.29) is 0 Å². The van der Waals surface area contributed by atoms with Crippen LogP contribution >= 0.6 is 22.6 Å². The molecule has 0 unspecified atom stereocenters. The fraction of sp³-hybridized carbons (Fsp3) is 0.154. The minimum Gasteiger partial charge on any atom is -0.490 e. The quantitative estimate of drug-likeness (QED) is 0.216. The van der Waals surface area contributed by atoms with Crippen molar-refractivity contribution in [1.29, 1.82) is 5.26 Å². The molecule has 0 spiro atoms. The van der Waals surface area contributed by atoms with Gasteiger partial charge in [-0.2, -0.15) is 5.26 Å². The van der Waals surface area contributed by atoms with E-state index < -0.39 is 0 Å². The number of nitrogens with one attached hydrogen (secondary N) is 1. The van der Waals surface area contributed by atoms with E-state index in [0.29, 0.717) is 36.1 Å². The first-order valence-electron chi connectivity index (χ1n) is 10.3. The summed E-state index contributed by atoms with van der Waals surface area (Å²) in [5, 5.41) is 9.74. The summed E-state index contributed by atoms with van der Waals surface area (Å²) < 4.78 is 13.0. The van der Waals surface area contributed by atoms with Gasteiger partial charge >= 0.3 is 0 Å². The van der Waals surface area contributed by atoms with E-state index in [1.165, 1.54) is 3.57 Å². The van der Waals surface area contributed by atoms with Crippen LogP contribution in [0, 0.1) is 21.8 Å². The lowest BCUT2D eigenvalue weighted by Crippen LogP contribution is -2.00. The minimum absolute atomic E-state index is 0.452. The molecule has 0 atom stereocenters. The highest BCUT2D eigenvalue weighted by molar-refractivity contribution is 14.1. The van der Waals surface area contributed by atoms with E-state index >= 15 is 0 Å². The Hall–Kier alpha value is -3.31. The molecule has 32 heavy (non-hydrogen) atoms. The maximum Gasteiger partial charge on any atom is 0.161 e. The van der Waals surface area contributed by atoms with Crippen molar-refractivity contribution in [3.8, 4) is 17.6 Å². The zero-order valence-electron chi connectivity index (χ0n) is 17.9. The number of allylic oxidation sites excluding steroid dienone is 1. The first-order chi connectivity index (χ1) is 15.6. The zero-order chi connectivity index (χ0) is 22.5. The Balaban J connectivity index is 1.60. The molecule has 5 nitrogen and oxygen atoms in total. The predicted octanol–water partition coefficient (Wildman–Crippen LogP) is 6.52. The highest BCUT2D eigenvalue weighted by atomic mass is 127. The number of ether oxygens (including phenoxy) is 2. The van der Waals surface area contributed by atoms with E-state index in [1.807, 2.05) is 62.4 Å². The third-order valence-corrected chi connectivity index (χ3v) is 5.62. The van der Waals surface area contributed by atoms with Gasteiger partial charge in [-0.05, 0) is 95.6 Å². The second-order valence-electron chi connectivity index (χ2n) is 7.33. The Morgan fingerprint density at radius 3 is 2.62 bits per heavy atom. The van der Waals surface area contributed by atoms with Crippen LogP contribution in [0.4, 0.5) is 0 Å². The summed E-state index contributed by atoms with van der Waals surface area (Å²) in [6, 6.07) is 22.1. The first-order valence-corrected chi connectivity index (χ1v) is 11.4. The van der Waals surface area contributed by atoms with Crippen molar-refractivity contribution in [2.75, 3.05) is 6.61 Å². The summed E-state index contributed by atoms with van der Waals surface area (Å²) in [6.45, 7) is 4.93. The number of H-pyrrole nitrogens is 1. The van der Waals surface area contributed by atoms with Crippen molar-refractivity contribution in [3.05, 3.63) is 86.7 Å². The standard InChI is InChI=1S/C26H22IN3O2/c1-3-31-25-14-19(7-11-24(25)32-16-18-5-8-21(27)9-6-18)13-20(15-28)26-29-22-10-4-17(2)12-23(22)30-26/h4-14H,3,16H2,1-2H3,(H,29,30)/b20-13-. The molecular weight excluding hydrogens is 513 g/mol. The summed E-state index contributed by atoms with van der Waals surface area (Å²) in [5.41, 5.74) is 5.26. The van der Waals surface area contributed by atoms with Crippen LogP contribution < -0.4 is 9.47 Å². The van der Waals surface area contributed by atoms with Gasteiger partial charge in [0.25, 0.3) is 0 Å². The van der Waals surface area contributed by atoms with Gasteiger partial charge in [0.15, 0.2) is 11.5 Å². The zero-order valence-corrected chi connectivity index (χ0v) is 20.0. The number of benzene rings is 3. The SMILES string of the molecule is CCOc1cc(/C=C(/C#N)c2nc3ccc(C)cc3[nH]2)ccc1OCc1ccc(I)cc1. The van der Waals surface area contributed by atoms with Crippen molar-refractivity contribution < 1.29 is 9.47 Å². The van der Waals surface area contributed by atoms with Gasteiger partial charge in [0.1, 0.15) is 18.5 Å². The van der Waals surface area contributed by atoms with Gasteiger partial charge in [0, 0.05) is 3.57 Å². The summed E-state index contributed by atoms with van der Waals surface area (Å²) in [5.74, 6) is 1.86. The summed E-state index contributed by atoms with van der Waals surface area (Å²) in [7, 11) is 0. The molecule has 0 bridgehead atoms. The molecule has 1 heterocycles. The highest BCUT2D eigenvalue weighted by Gasteiger charge is 2.11. The summed E-state index contributed by atoms with van der Waals surface area (Å²) in [4.78, 5) is 7.81. The molecule has 0 aliphatic rings. The van der Waals surface area contributed by atoms with Gasteiger partial charge in [-0.3, -0.25) is 0 Å².